The van der Waals surface area contributed by atoms with Crippen LogP contribution < -0.4 is 5.43 Å². The van der Waals surface area contributed by atoms with Gasteiger partial charge in [-0.15, -0.1) is 0 Å². The number of nitrogens with one attached hydrogen (secondary N) is 1. The lowest BCUT2D eigenvalue weighted by Crippen LogP contribution is -2.03. The van der Waals surface area contributed by atoms with Crippen LogP contribution in [0.15, 0.2) is 53.6 Å². The molecule has 0 saturated heterocycles. The van der Waals surface area contributed by atoms with Gasteiger partial charge in [0.25, 0.3) is 0 Å². The van der Waals surface area contributed by atoms with E-state index in [1.54, 1.807) is 0 Å². The molecule has 0 aliphatic rings. The highest BCUT2D eigenvalue weighted by Gasteiger charge is 2.01. The molecular formula is C18H18N4. The van der Waals surface area contributed by atoms with Gasteiger partial charge in [0.05, 0.1) is 5.71 Å². The molecule has 1 N–H and O–H groups in total. The molecule has 0 unspecified atom stereocenters. The van der Waals surface area contributed by atoms with Crippen LogP contribution in [0.5, 0.6) is 0 Å². The van der Waals surface area contributed by atoms with Gasteiger partial charge in [-0.25, -0.2) is 15.4 Å². The summed E-state index contributed by atoms with van der Waals surface area (Å²) in [6, 6.07) is 16.5. The minimum atomic E-state index is 0.526. The van der Waals surface area contributed by atoms with Crippen LogP contribution in [-0.2, 0) is 0 Å². The van der Waals surface area contributed by atoms with Crippen molar-refractivity contribution in [1.82, 2.24) is 9.97 Å². The van der Waals surface area contributed by atoms with Crippen molar-refractivity contribution >= 4 is 22.4 Å². The summed E-state index contributed by atoms with van der Waals surface area (Å²) >= 11 is 0. The van der Waals surface area contributed by atoms with E-state index in [1.807, 2.05) is 39.0 Å². The van der Waals surface area contributed by atoms with E-state index in [2.05, 4.69) is 50.8 Å². The second-order valence-corrected chi connectivity index (χ2v) is 5.35. The Hall–Kier alpha value is -2.75. The zero-order valence-electron chi connectivity index (χ0n) is 13.0. The largest absolute Gasteiger partial charge is 0.245 e. The summed E-state index contributed by atoms with van der Waals surface area (Å²) in [5, 5.41) is 6.83. The van der Waals surface area contributed by atoms with E-state index in [0.717, 1.165) is 22.7 Å². The molecule has 0 fully saturated rings. The molecule has 110 valence electrons. The van der Waals surface area contributed by atoms with Crippen molar-refractivity contribution in [3.05, 3.63) is 65.5 Å². The maximum absolute atomic E-state index is 4.40. The minimum absolute atomic E-state index is 0.526. The Kier molecular flexibility index (Phi) is 3.83. The van der Waals surface area contributed by atoms with E-state index in [-0.39, 0.29) is 0 Å². The molecular weight excluding hydrogens is 272 g/mol. The summed E-state index contributed by atoms with van der Waals surface area (Å²) in [6.07, 6.45) is 0. The SMILES string of the molecule is CC(=NNc1nc(C)cc(C)n1)c1ccc2ccccc2c1. The Morgan fingerprint density at radius 3 is 2.32 bits per heavy atom. The maximum Gasteiger partial charge on any atom is 0.243 e. The Balaban J connectivity index is 1.86. The van der Waals surface area contributed by atoms with Gasteiger partial charge in [-0.2, -0.15) is 5.10 Å². The second-order valence-electron chi connectivity index (χ2n) is 5.35. The van der Waals surface area contributed by atoms with Crippen molar-refractivity contribution in [1.29, 1.82) is 0 Å². The number of hydrazone groups is 1. The van der Waals surface area contributed by atoms with Gasteiger partial charge in [-0.1, -0.05) is 36.4 Å². The first kappa shape index (κ1) is 14.2. The number of hydrogen-bond donors (Lipinski definition) is 1. The topological polar surface area (TPSA) is 50.2 Å². The molecule has 0 aliphatic carbocycles. The number of nitrogens with zero attached hydrogens (tertiary/aromatic N) is 3. The summed E-state index contributed by atoms with van der Waals surface area (Å²) < 4.78 is 0. The van der Waals surface area contributed by atoms with Crippen molar-refractivity contribution in [3.63, 3.8) is 0 Å². The van der Waals surface area contributed by atoms with Crippen LogP contribution in [-0.4, -0.2) is 15.7 Å². The molecule has 0 spiro atoms. The monoisotopic (exact) mass is 290 g/mol. The van der Waals surface area contributed by atoms with E-state index < -0.39 is 0 Å². The van der Waals surface area contributed by atoms with Crippen LogP contribution in [0.25, 0.3) is 10.8 Å². The van der Waals surface area contributed by atoms with Crippen molar-refractivity contribution < 1.29 is 0 Å². The van der Waals surface area contributed by atoms with Crippen molar-refractivity contribution in [2.75, 3.05) is 5.43 Å². The summed E-state index contributed by atoms with van der Waals surface area (Å²) in [5.41, 5.74) is 6.76. The van der Waals surface area contributed by atoms with Gasteiger partial charge in [-0.05, 0) is 49.2 Å². The molecule has 1 aromatic heterocycles. The van der Waals surface area contributed by atoms with Gasteiger partial charge in [0.15, 0.2) is 0 Å². The Bertz CT molecular complexity index is 832. The number of anilines is 1. The average molecular weight is 290 g/mol. The van der Waals surface area contributed by atoms with Gasteiger partial charge in [-0.3, -0.25) is 0 Å². The fraction of sp³-hybridized carbons (Fsp3) is 0.167. The third kappa shape index (κ3) is 3.11. The third-order valence-corrected chi connectivity index (χ3v) is 3.47. The molecule has 3 aromatic rings. The molecule has 0 atom stereocenters. The Labute approximate surface area is 129 Å². The lowest BCUT2D eigenvalue weighted by Gasteiger charge is -2.05. The van der Waals surface area contributed by atoms with Crippen molar-refractivity contribution in [3.8, 4) is 0 Å². The van der Waals surface area contributed by atoms with E-state index in [9.17, 15) is 0 Å². The lowest BCUT2D eigenvalue weighted by atomic mass is 10.0. The first-order chi connectivity index (χ1) is 10.6. The van der Waals surface area contributed by atoms with E-state index in [4.69, 9.17) is 0 Å². The van der Waals surface area contributed by atoms with Crippen LogP contribution >= 0.6 is 0 Å². The van der Waals surface area contributed by atoms with Gasteiger partial charge in [0.1, 0.15) is 0 Å². The van der Waals surface area contributed by atoms with Gasteiger partial charge < -0.3 is 0 Å². The molecule has 4 heteroatoms. The first-order valence-electron chi connectivity index (χ1n) is 7.23. The molecule has 1 heterocycles. The summed E-state index contributed by atoms with van der Waals surface area (Å²) in [4.78, 5) is 8.64. The second kappa shape index (κ2) is 5.93. The smallest absolute Gasteiger partial charge is 0.243 e. The molecule has 22 heavy (non-hydrogen) atoms. The lowest BCUT2D eigenvalue weighted by molar-refractivity contribution is 1.03. The maximum atomic E-state index is 4.40. The van der Waals surface area contributed by atoms with Crippen LogP contribution in [0.4, 0.5) is 5.95 Å². The van der Waals surface area contributed by atoms with Crippen molar-refractivity contribution in [2.24, 2.45) is 5.10 Å². The highest BCUT2D eigenvalue weighted by Crippen LogP contribution is 2.16. The molecule has 3 rings (SSSR count). The Morgan fingerprint density at radius 2 is 1.59 bits per heavy atom. The number of rotatable bonds is 3. The number of hydrogen-bond acceptors (Lipinski definition) is 4. The van der Waals surface area contributed by atoms with Gasteiger partial charge >= 0.3 is 0 Å². The Morgan fingerprint density at radius 1 is 0.909 bits per heavy atom. The standard InChI is InChI=1S/C18H18N4/c1-12-10-13(2)20-18(19-12)22-21-14(3)16-9-8-15-6-4-5-7-17(15)11-16/h4-11H,1-3H3,(H,19,20,22). The summed E-state index contributed by atoms with van der Waals surface area (Å²) in [5.74, 6) is 0.526. The molecule has 0 radical (unpaired) electrons. The van der Waals surface area contributed by atoms with Crippen molar-refractivity contribution in [2.45, 2.75) is 20.8 Å². The number of aryl methyl sites for hydroxylation is 2. The predicted octanol–water partition coefficient (Wildman–Crippen LogP) is 4.08. The minimum Gasteiger partial charge on any atom is -0.245 e. The van der Waals surface area contributed by atoms with Crippen LogP contribution in [0.2, 0.25) is 0 Å². The number of aromatic nitrogens is 2. The normalized spacial score (nSPS) is 11.7. The molecule has 0 saturated carbocycles. The highest BCUT2D eigenvalue weighted by atomic mass is 15.4. The predicted molar refractivity (Wildman–Crippen MR) is 91.3 cm³/mol. The average Bonchev–Trinajstić information content (AvgIpc) is 2.51. The molecule has 4 nitrogen and oxygen atoms in total. The number of benzene rings is 2. The first-order valence-corrected chi connectivity index (χ1v) is 7.23. The number of fused-ring (bicyclic) bond motifs is 1. The zero-order chi connectivity index (χ0) is 15.5. The fourth-order valence-electron chi connectivity index (χ4n) is 2.39. The highest BCUT2D eigenvalue weighted by molar-refractivity contribution is 6.02. The molecule has 0 aliphatic heterocycles. The fourth-order valence-corrected chi connectivity index (χ4v) is 2.39. The third-order valence-electron chi connectivity index (χ3n) is 3.47. The van der Waals surface area contributed by atoms with E-state index in [1.165, 1.54) is 10.8 Å². The summed E-state index contributed by atoms with van der Waals surface area (Å²) in [7, 11) is 0. The van der Waals surface area contributed by atoms with Gasteiger partial charge in [0.2, 0.25) is 5.95 Å². The van der Waals surface area contributed by atoms with Crippen LogP contribution in [0.1, 0.15) is 23.9 Å². The summed E-state index contributed by atoms with van der Waals surface area (Å²) in [6.45, 7) is 5.86. The van der Waals surface area contributed by atoms with E-state index >= 15 is 0 Å². The van der Waals surface area contributed by atoms with E-state index in [0.29, 0.717) is 5.95 Å². The molecule has 0 bridgehead atoms. The van der Waals surface area contributed by atoms with Crippen LogP contribution in [0, 0.1) is 13.8 Å². The molecule has 2 aromatic carbocycles. The zero-order valence-corrected chi connectivity index (χ0v) is 13.0. The van der Waals surface area contributed by atoms with Gasteiger partial charge in [0, 0.05) is 11.4 Å². The van der Waals surface area contributed by atoms with Crippen LogP contribution in [0.3, 0.4) is 0 Å². The quantitative estimate of drug-likeness (QED) is 0.584. The molecule has 0 amide bonds.